The van der Waals surface area contributed by atoms with Crippen molar-refractivity contribution in [3.8, 4) is 0 Å². The van der Waals surface area contributed by atoms with Crippen LogP contribution in [0.3, 0.4) is 0 Å². The Morgan fingerprint density at radius 2 is 1.77 bits per heavy atom. The standard InChI is InChI=1S/C23H37FN4O2S/c1-3-25-31(29,30)21-14-16(9-8-15(21)2)22-19-6-4-5-7-20(19)23(28-27-22)26-18-12-10-17(24)11-13-18/h15-18,21H,3-14H2,1-2H3,(H2-,25,26,28,29,30). The lowest BCUT2D eigenvalue weighted by molar-refractivity contribution is 0.241. The van der Waals surface area contributed by atoms with Crippen molar-refractivity contribution in [2.75, 3.05) is 11.9 Å². The Labute approximate surface area is 187 Å². The molecule has 2 N–H and O–H groups in total. The maximum Gasteiger partial charge on any atom is 0.152 e. The average molecular weight is 453 g/mol. The number of fused-ring (bicyclic) bond motifs is 1. The van der Waals surface area contributed by atoms with E-state index in [1.165, 1.54) is 11.1 Å². The number of alkyl halides is 1. The zero-order valence-electron chi connectivity index (χ0n) is 18.9. The van der Waals surface area contributed by atoms with Gasteiger partial charge in [0, 0.05) is 36.4 Å². The fourth-order valence-electron chi connectivity index (χ4n) is 5.78. The summed E-state index contributed by atoms with van der Waals surface area (Å²) < 4.78 is 41.8. The van der Waals surface area contributed by atoms with E-state index in [9.17, 15) is 13.2 Å². The lowest BCUT2D eigenvalue weighted by Gasteiger charge is -2.37. The molecular formula is C23H37FN4O2S. The number of hydrogen-bond acceptors (Lipinski definition) is 5. The lowest BCUT2D eigenvalue weighted by atomic mass is 9.77. The maximum atomic E-state index is 13.5. The molecule has 174 valence electrons. The molecule has 0 aromatic carbocycles. The maximum absolute atomic E-state index is 13.5. The molecule has 4 atom stereocenters. The monoisotopic (exact) mass is 452 g/mol. The van der Waals surface area contributed by atoms with Crippen LogP contribution in [0, 0.1) is 5.92 Å². The van der Waals surface area contributed by atoms with Crippen LogP contribution in [0.5, 0.6) is 0 Å². The molecule has 1 aromatic heterocycles. The van der Waals surface area contributed by atoms with Gasteiger partial charge in [-0.25, -0.2) is 4.39 Å². The molecule has 0 aliphatic heterocycles. The van der Waals surface area contributed by atoms with Crippen molar-refractivity contribution in [2.45, 2.75) is 108 Å². The van der Waals surface area contributed by atoms with Crippen LogP contribution in [0.15, 0.2) is 0 Å². The van der Waals surface area contributed by atoms with E-state index in [0.717, 1.165) is 62.9 Å². The Morgan fingerprint density at radius 3 is 2.48 bits per heavy atom. The summed E-state index contributed by atoms with van der Waals surface area (Å²) in [6, 6.07) is 0.267. The van der Waals surface area contributed by atoms with Crippen LogP contribution in [0.4, 0.5) is 10.2 Å². The number of halogens is 1. The van der Waals surface area contributed by atoms with Crippen molar-refractivity contribution in [1.29, 1.82) is 0 Å². The third kappa shape index (κ3) is 5.11. The average Bonchev–Trinajstić information content (AvgIpc) is 2.76. The quantitative estimate of drug-likeness (QED) is 0.621. The Bertz CT molecular complexity index is 815. The van der Waals surface area contributed by atoms with E-state index >= 15 is 0 Å². The first kappa shape index (κ1) is 23.1. The summed E-state index contributed by atoms with van der Waals surface area (Å²) in [5.41, 5.74) is 3.58. The first-order valence-electron chi connectivity index (χ1n) is 12.2. The van der Waals surface area contributed by atoms with E-state index in [4.69, 9.17) is 0 Å². The molecule has 0 spiro atoms. The van der Waals surface area contributed by atoms with Gasteiger partial charge in [0.25, 0.3) is 0 Å². The number of anilines is 1. The van der Waals surface area contributed by atoms with Crippen LogP contribution in [0.2, 0.25) is 0 Å². The predicted octanol–water partition coefficient (Wildman–Crippen LogP) is 4.47. The van der Waals surface area contributed by atoms with E-state index in [1.54, 1.807) is 0 Å². The van der Waals surface area contributed by atoms with Gasteiger partial charge in [0.05, 0.1) is 5.69 Å². The fourth-order valence-corrected chi connectivity index (χ4v) is 7.63. The molecule has 8 heteroatoms. The van der Waals surface area contributed by atoms with Gasteiger partial charge in [-0.05, 0) is 76.7 Å². The number of aromatic nitrogens is 2. The fraction of sp³-hybridized carbons (Fsp3) is 0.826. The van der Waals surface area contributed by atoms with Gasteiger partial charge in [0.2, 0.25) is 0 Å². The summed E-state index contributed by atoms with van der Waals surface area (Å²) in [5.74, 6) is 1.17. The van der Waals surface area contributed by atoms with Crippen molar-refractivity contribution in [1.82, 2.24) is 14.9 Å². The van der Waals surface area contributed by atoms with E-state index in [1.807, 2.05) is 6.92 Å². The van der Waals surface area contributed by atoms with Crippen molar-refractivity contribution in [3.05, 3.63) is 16.8 Å². The molecule has 1 aromatic rings. The number of hydrogen-bond donors (Lipinski definition) is 2. The molecule has 4 rings (SSSR count). The highest BCUT2D eigenvalue weighted by molar-refractivity contribution is 7.96. The summed E-state index contributed by atoms with van der Waals surface area (Å²) >= 11 is 0. The van der Waals surface area contributed by atoms with Gasteiger partial charge in [-0.15, -0.1) is 9.82 Å². The SMILES string of the molecule is CCN[S+](=O)([O-])C1CC(c2nnc(NC3CCC(F)CC3)c3c2CCCC3)CCC1C. The Hall–Kier alpha value is -1.12. The van der Waals surface area contributed by atoms with Crippen LogP contribution in [0.1, 0.15) is 94.4 Å². The summed E-state index contributed by atoms with van der Waals surface area (Å²) in [4.78, 5) is 0. The second kappa shape index (κ2) is 9.79. The number of nitrogens with one attached hydrogen (secondary N) is 2. The first-order valence-corrected chi connectivity index (χ1v) is 13.7. The molecule has 2 fully saturated rings. The van der Waals surface area contributed by atoms with Crippen LogP contribution in [-0.4, -0.2) is 38.8 Å². The minimum atomic E-state index is -3.32. The Balaban J connectivity index is 1.57. The molecule has 0 amide bonds. The summed E-state index contributed by atoms with van der Waals surface area (Å²) in [7, 11) is -3.32. The van der Waals surface area contributed by atoms with Gasteiger partial charge >= 0.3 is 0 Å². The van der Waals surface area contributed by atoms with Crippen molar-refractivity contribution in [3.63, 3.8) is 0 Å². The molecule has 0 saturated heterocycles. The molecule has 6 nitrogen and oxygen atoms in total. The van der Waals surface area contributed by atoms with Crippen molar-refractivity contribution < 1.29 is 13.2 Å². The largest absolute Gasteiger partial charge is 0.598 e. The molecule has 31 heavy (non-hydrogen) atoms. The number of nitrogens with zero attached hydrogens (tertiary/aromatic N) is 2. The topological polar surface area (TPSA) is 90.0 Å². The minimum absolute atomic E-state index is 0.144. The molecule has 3 aliphatic carbocycles. The zero-order chi connectivity index (χ0) is 22.0. The van der Waals surface area contributed by atoms with Crippen LogP contribution >= 0.6 is 0 Å². The minimum Gasteiger partial charge on any atom is -0.598 e. The number of sulfonamides is 1. The van der Waals surface area contributed by atoms with E-state index < -0.39 is 16.6 Å². The van der Waals surface area contributed by atoms with E-state index in [-0.39, 0.29) is 23.1 Å². The molecule has 0 radical (unpaired) electrons. The molecule has 2 saturated carbocycles. The van der Waals surface area contributed by atoms with Crippen LogP contribution in [-0.2, 0) is 27.5 Å². The first-order chi connectivity index (χ1) is 14.9. The lowest BCUT2D eigenvalue weighted by Crippen LogP contribution is -2.46. The van der Waals surface area contributed by atoms with Crippen LogP contribution in [0.25, 0.3) is 0 Å². The third-order valence-corrected chi connectivity index (χ3v) is 9.72. The second-order valence-electron chi connectivity index (χ2n) is 9.76. The van der Waals surface area contributed by atoms with Gasteiger partial charge in [-0.3, -0.25) is 0 Å². The van der Waals surface area contributed by atoms with Gasteiger partial charge in [0.15, 0.2) is 5.82 Å². The Morgan fingerprint density at radius 1 is 1.06 bits per heavy atom. The third-order valence-electron chi connectivity index (χ3n) is 7.57. The molecule has 4 unspecified atom stereocenters. The smallest absolute Gasteiger partial charge is 0.152 e. The van der Waals surface area contributed by atoms with Gasteiger partial charge < -0.3 is 9.87 Å². The van der Waals surface area contributed by atoms with Crippen molar-refractivity contribution >= 4 is 16.2 Å². The highest BCUT2D eigenvalue weighted by atomic mass is 32.3. The highest BCUT2D eigenvalue weighted by Gasteiger charge is 2.42. The van der Waals surface area contributed by atoms with Gasteiger partial charge in [-0.1, -0.05) is 11.1 Å². The summed E-state index contributed by atoms with van der Waals surface area (Å²) in [5, 5.41) is 12.5. The summed E-state index contributed by atoms with van der Waals surface area (Å²) in [6.45, 7) is 4.31. The van der Waals surface area contributed by atoms with Crippen LogP contribution < -0.4 is 10.0 Å². The molecule has 1 heterocycles. The van der Waals surface area contributed by atoms with Gasteiger partial charge in [-0.2, -0.15) is 5.10 Å². The normalized spacial score (nSPS) is 33.4. The van der Waals surface area contributed by atoms with E-state index in [0.29, 0.717) is 25.8 Å². The number of rotatable bonds is 6. The van der Waals surface area contributed by atoms with Gasteiger partial charge in [0.1, 0.15) is 21.8 Å². The molecular weight excluding hydrogens is 415 g/mol. The molecule has 0 bridgehead atoms. The zero-order valence-corrected chi connectivity index (χ0v) is 19.7. The summed E-state index contributed by atoms with van der Waals surface area (Å²) in [6.07, 6.45) is 8.98. The predicted molar refractivity (Wildman–Crippen MR) is 121 cm³/mol. The highest BCUT2D eigenvalue weighted by Crippen LogP contribution is 2.42. The second-order valence-corrected chi connectivity index (χ2v) is 11.7. The van der Waals surface area contributed by atoms with Crippen molar-refractivity contribution in [2.24, 2.45) is 5.92 Å². The Kier molecular flexibility index (Phi) is 7.28. The molecule has 3 aliphatic rings. The van der Waals surface area contributed by atoms with E-state index in [2.05, 4.69) is 27.2 Å².